The van der Waals surface area contributed by atoms with Gasteiger partial charge in [-0.25, -0.2) is 9.79 Å². The molecule has 1 unspecified atom stereocenters. The largest absolute Gasteiger partial charge is 0.463 e. The maximum absolute atomic E-state index is 12.8. The third-order valence-corrected chi connectivity index (χ3v) is 4.47. The van der Waals surface area contributed by atoms with Gasteiger partial charge in [0.1, 0.15) is 6.04 Å². The van der Waals surface area contributed by atoms with Gasteiger partial charge in [-0.2, -0.15) is 0 Å². The van der Waals surface area contributed by atoms with Gasteiger partial charge < -0.3 is 15.8 Å². The first kappa shape index (κ1) is 17.7. The van der Waals surface area contributed by atoms with Crippen LogP contribution >= 0.6 is 0 Å². The molecule has 0 fully saturated rings. The monoisotopic (exact) mass is 349 g/mol. The average molecular weight is 349 g/mol. The van der Waals surface area contributed by atoms with Crippen molar-refractivity contribution in [2.75, 3.05) is 6.61 Å². The SMILES string of the molecule is CCOC(=O)C1=C(c2ccccc2)NC(N)=NC1c1ccc(C)c(C)c1. The molecular weight excluding hydrogens is 326 g/mol. The molecule has 5 heteroatoms. The Kier molecular flexibility index (Phi) is 5.07. The summed E-state index contributed by atoms with van der Waals surface area (Å²) in [6.45, 7) is 6.18. The first-order valence-corrected chi connectivity index (χ1v) is 8.65. The molecule has 2 aromatic carbocycles. The Labute approximate surface area is 153 Å². The Bertz CT molecular complexity index is 885. The van der Waals surface area contributed by atoms with Gasteiger partial charge in [-0.05, 0) is 43.0 Å². The highest BCUT2D eigenvalue weighted by Gasteiger charge is 2.32. The van der Waals surface area contributed by atoms with E-state index in [4.69, 9.17) is 10.5 Å². The molecule has 0 amide bonds. The first-order valence-electron chi connectivity index (χ1n) is 8.65. The van der Waals surface area contributed by atoms with Crippen molar-refractivity contribution < 1.29 is 9.53 Å². The Morgan fingerprint density at radius 2 is 1.88 bits per heavy atom. The standard InChI is InChI=1S/C21H23N3O2/c1-4-26-20(25)17-18(15-8-6-5-7-9-15)23-21(22)24-19(17)16-11-10-13(2)14(3)12-16/h5-12,19H,4H2,1-3H3,(H3,22,23,24). The van der Waals surface area contributed by atoms with Crippen molar-refractivity contribution in [3.05, 3.63) is 76.4 Å². The van der Waals surface area contributed by atoms with E-state index < -0.39 is 12.0 Å². The predicted octanol–water partition coefficient (Wildman–Crippen LogP) is 3.24. The molecule has 0 bridgehead atoms. The lowest BCUT2D eigenvalue weighted by molar-refractivity contribution is -0.138. The minimum Gasteiger partial charge on any atom is -0.463 e. The molecule has 5 nitrogen and oxygen atoms in total. The summed E-state index contributed by atoms with van der Waals surface area (Å²) in [5, 5.41) is 3.05. The zero-order valence-corrected chi connectivity index (χ0v) is 15.2. The molecule has 0 spiro atoms. The molecule has 1 heterocycles. The maximum atomic E-state index is 12.8. The number of carbonyl (C=O) groups is 1. The third-order valence-electron chi connectivity index (χ3n) is 4.47. The number of hydrogen-bond acceptors (Lipinski definition) is 5. The Morgan fingerprint density at radius 3 is 2.54 bits per heavy atom. The highest BCUT2D eigenvalue weighted by atomic mass is 16.5. The Balaban J connectivity index is 2.18. The molecule has 0 saturated heterocycles. The van der Waals surface area contributed by atoms with E-state index in [2.05, 4.69) is 17.2 Å². The fraction of sp³-hybridized carbons (Fsp3) is 0.238. The lowest BCUT2D eigenvalue weighted by Crippen LogP contribution is -2.37. The smallest absolute Gasteiger partial charge is 0.338 e. The van der Waals surface area contributed by atoms with E-state index >= 15 is 0 Å². The molecule has 3 rings (SSSR count). The van der Waals surface area contributed by atoms with Crippen molar-refractivity contribution in [3.63, 3.8) is 0 Å². The van der Waals surface area contributed by atoms with E-state index in [1.807, 2.05) is 55.5 Å². The van der Waals surface area contributed by atoms with Crippen molar-refractivity contribution in [1.29, 1.82) is 0 Å². The number of nitrogens with zero attached hydrogens (tertiary/aromatic N) is 1. The van der Waals surface area contributed by atoms with Crippen LogP contribution in [0, 0.1) is 13.8 Å². The van der Waals surface area contributed by atoms with Gasteiger partial charge in [-0.15, -0.1) is 0 Å². The van der Waals surface area contributed by atoms with E-state index in [0.717, 1.165) is 16.7 Å². The van der Waals surface area contributed by atoms with Crippen LogP contribution in [0.15, 0.2) is 59.1 Å². The van der Waals surface area contributed by atoms with Crippen molar-refractivity contribution in [3.8, 4) is 0 Å². The van der Waals surface area contributed by atoms with Gasteiger partial charge in [0.05, 0.1) is 17.9 Å². The number of carbonyl (C=O) groups excluding carboxylic acids is 1. The normalized spacial score (nSPS) is 16.7. The van der Waals surface area contributed by atoms with Crippen LogP contribution in [0.25, 0.3) is 5.70 Å². The van der Waals surface area contributed by atoms with Gasteiger partial charge in [0.15, 0.2) is 5.96 Å². The number of nitrogens with one attached hydrogen (secondary N) is 1. The summed E-state index contributed by atoms with van der Waals surface area (Å²) in [7, 11) is 0. The molecule has 0 saturated carbocycles. The fourth-order valence-corrected chi connectivity index (χ4v) is 3.00. The number of nitrogens with two attached hydrogens (primary N) is 1. The van der Waals surface area contributed by atoms with Crippen LogP contribution in [0.2, 0.25) is 0 Å². The number of ether oxygens (including phenoxy) is 1. The molecule has 2 aromatic rings. The number of hydrogen-bond donors (Lipinski definition) is 2. The second-order valence-electron chi connectivity index (χ2n) is 6.26. The summed E-state index contributed by atoms with van der Waals surface area (Å²) in [5.41, 5.74) is 11.3. The molecule has 0 radical (unpaired) electrons. The van der Waals surface area contributed by atoms with Crippen molar-refractivity contribution >= 4 is 17.6 Å². The molecule has 0 aliphatic carbocycles. The van der Waals surface area contributed by atoms with Crippen LogP contribution in [0.4, 0.5) is 0 Å². The fourth-order valence-electron chi connectivity index (χ4n) is 3.00. The van der Waals surface area contributed by atoms with Crippen LogP contribution in [0.1, 0.15) is 35.2 Å². The van der Waals surface area contributed by atoms with Gasteiger partial charge in [0.25, 0.3) is 0 Å². The minimum absolute atomic E-state index is 0.278. The number of aliphatic imine (C=N–C) groups is 1. The highest BCUT2D eigenvalue weighted by molar-refractivity contribution is 6.04. The zero-order chi connectivity index (χ0) is 18.7. The number of guanidine groups is 1. The second-order valence-corrected chi connectivity index (χ2v) is 6.26. The molecule has 1 aliphatic rings. The van der Waals surface area contributed by atoms with E-state index in [1.54, 1.807) is 6.92 Å². The van der Waals surface area contributed by atoms with Crippen molar-refractivity contribution in [2.24, 2.45) is 10.7 Å². The van der Waals surface area contributed by atoms with E-state index in [0.29, 0.717) is 17.9 Å². The van der Waals surface area contributed by atoms with Gasteiger partial charge in [-0.1, -0.05) is 48.5 Å². The molecular formula is C21H23N3O2. The average Bonchev–Trinajstić information content (AvgIpc) is 2.64. The molecule has 1 aliphatic heterocycles. The van der Waals surface area contributed by atoms with Crippen molar-refractivity contribution in [1.82, 2.24) is 5.32 Å². The van der Waals surface area contributed by atoms with Gasteiger partial charge >= 0.3 is 5.97 Å². The van der Waals surface area contributed by atoms with E-state index in [-0.39, 0.29) is 5.96 Å². The lowest BCUT2D eigenvalue weighted by atomic mass is 9.92. The van der Waals surface area contributed by atoms with Crippen LogP contribution in [0.5, 0.6) is 0 Å². The van der Waals surface area contributed by atoms with Crippen molar-refractivity contribution in [2.45, 2.75) is 26.8 Å². The summed E-state index contributed by atoms with van der Waals surface area (Å²) >= 11 is 0. The molecule has 26 heavy (non-hydrogen) atoms. The number of rotatable bonds is 4. The van der Waals surface area contributed by atoms with Gasteiger partial charge in [0, 0.05) is 0 Å². The van der Waals surface area contributed by atoms with Crippen LogP contribution in [0.3, 0.4) is 0 Å². The highest BCUT2D eigenvalue weighted by Crippen LogP contribution is 2.35. The summed E-state index contributed by atoms with van der Waals surface area (Å²) in [5.74, 6) is -0.113. The van der Waals surface area contributed by atoms with Gasteiger partial charge in [-0.3, -0.25) is 0 Å². The lowest BCUT2D eigenvalue weighted by Gasteiger charge is -2.26. The molecule has 3 N–H and O–H groups in total. The quantitative estimate of drug-likeness (QED) is 0.831. The Morgan fingerprint density at radius 1 is 1.15 bits per heavy atom. The predicted molar refractivity (Wildman–Crippen MR) is 103 cm³/mol. The second kappa shape index (κ2) is 7.44. The van der Waals surface area contributed by atoms with Crippen LogP contribution < -0.4 is 11.1 Å². The topological polar surface area (TPSA) is 76.7 Å². The summed E-state index contributed by atoms with van der Waals surface area (Å²) in [4.78, 5) is 17.3. The minimum atomic E-state index is -0.509. The van der Waals surface area contributed by atoms with E-state index in [1.165, 1.54) is 5.56 Å². The number of aryl methyl sites for hydroxylation is 2. The molecule has 0 aromatic heterocycles. The number of benzene rings is 2. The zero-order valence-electron chi connectivity index (χ0n) is 15.2. The summed E-state index contributed by atoms with van der Waals surface area (Å²) < 4.78 is 5.33. The number of esters is 1. The van der Waals surface area contributed by atoms with Gasteiger partial charge in [0.2, 0.25) is 0 Å². The molecule has 134 valence electrons. The Hall–Kier alpha value is -3.08. The maximum Gasteiger partial charge on any atom is 0.338 e. The van der Waals surface area contributed by atoms with Crippen LogP contribution in [-0.2, 0) is 9.53 Å². The summed E-state index contributed by atoms with van der Waals surface area (Å²) in [6.07, 6.45) is 0. The van der Waals surface area contributed by atoms with E-state index in [9.17, 15) is 4.79 Å². The third kappa shape index (κ3) is 3.47. The van der Waals surface area contributed by atoms with Crippen LogP contribution in [-0.4, -0.2) is 18.5 Å². The summed E-state index contributed by atoms with van der Waals surface area (Å²) in [6, 6.07) is 15.2. The molecule has 1 atom stereocenters. The first-order chi connectivity index (χ1) is 12.5.